The van der Waals surface area contributed by atoms with Crippen LogP contribution in [0.5, 0.6) is 5.75 Å². The summed E-state index contributed by atoms with van der Waals surface area (Å²) in [5, 5.41) is 0. The van der Waals surface area contributed by atoms with Crippen LogP contribution in [0.25, 0.3) is 0 Å². The molecule has 0 fully saturated rings. The maximum atomic E-state index is 12.3. The van der Waals surface area contributed by atoms with E-state index in [1.807, 2.05) is 0 Å². The maximum Gasteiger partial charge on any atom is 0.280 e. The lowest BCUT2D eigenvalue weighted by Gasteiger charge is -2.10. The summed E-state index contributed by atoms with van der Waals surface area (Å²) in [6.45, 7) is 0.0790. The Morgan fingerprint density at radius 2 is 2.21 bits per heavy atom. The van der Waals surface area contributed by atoms with Gasteiger partial charge in [-0.1, -0.05) is 0 Å². The van der Waals surface area contributed by atoms with Crippen molar-refractivity contribution in [3.05, 3.63) is 17.3 Å². The first-order valence-electron chi connectivity index (χ1n) is 3.91. The van der Waals surface area contributed by atoms with Gasteiger partial charge in [-0.05, 0) is 6.07 Å². The van der Waals surface area contributed by atoms with E-state index in [0.29, 0.717) is 5.56 Å². The number of nitrogens with two attached hydrogens (primary N) is 2. The minimum Gasteiger partial charge on any atom is -0.493 e. The highest BCUT2D eigenvalue weighted by atomic mass is 19.3. The molecule has 4 nitrogen and oxygen atoms in total. The molecule has 0 radical (unpaired) electrons. The van der Waals surface area contributed by atoms with Gasteiger partial charge < -0.3 is 16.2 Å². The van der Waals surface area contributed by atoms with Crippen LogP contribution < -0.4 is 16.2 Å². The van der Waals surface area contributed by atoms with E-state index < -0.39 is 6.43 Å². The average molecular weight is 203 g/mol. The number of anilines is 1. The molecule has 1 aromatic heterocycles. The fourth-order valence-electron chi connectivity index (χ4n) is 1.13. The van der Waals surface area contributed by atoms with E-state index in [0.717, 1.165) is 0 Å². The van der Waals surface area contributed by atoms with Crippen molar-refractivity contribution in [2.45, 2.75) is 13.0 Å². The minimum atomic E-state index is -2.66. The van der Waals surface area contributed by atoms with E-state index in [9.17, 15) is 8.78 Å². The van der Waals surface area contributed by atoms with Crippen molar-refractivity contribution in [3.8, 4) is 5.75 Å². The third-order valence-electron chi connectivity index (χ3n) is 1.74. The lowest BCUT2D eigenvalue weighted by atomic mass is 10.2. The summed E-state index contributed by atoms with van der Waals surface area (Å²) < 4.78 is 29.5. The molecule has 78 valence electrons. The Morgan fingerprint density at radius 3 is 2.64 bits per heavy atom. The van der Waals surface area contributed by atoms with Crippen molar-refractivity contribution in [3.63, 3.8) is 0 Å². The highest BCUT2D eigenvalue weighted by molar-refractivity contribution is 5.52. The number of alkyl halides is 2. The number of hydrogen-bond acceptors (Lipinski definition) is 4. The number of nitrogens with zero attached hydrogens (tertiary/aromatic N) is 1. The maximum absolute atomic E-state index is 12.3. The zero-order chi connectivity index (χ0) is 10.7. The quantitative estimate of drug-likeness (QED) is 0.770. The van der Waals surface area contributed by atoms with Gasteiger partial charge in [-0.15, -0.1) is 0 Å². The van der Waals surface area contributed by atoms with Crippen LogP contribution in [0.2, 0.25) is 0 Å². The van der Waals surface area contributed by atoms with Gasteiger partial charge in [0.2, 0.25) is 0 Å². The van der Waals surface area contributed by atoms with Crippen molar-refractivity contribution in [1.82, 2.24) is 4.98 Å². The highest BCUT2D eigenvalue weighted by Gasteiger charge is 2.15. The van der Waals surface area contributed by atoms with Gasteiger partial charge in [0.15, 0.2) is 11.6 Å². The number of pyridine rings is 1. The summed E-state index contributed by atoms with van der Waals surface area (Å²) in [7, 11) is 1.38. The van der Waals surface area contributed by atoms with E-state index in [1.54, 1.807) is 0 Å². The molecule has 0 aliphatic carbocycles. The van der Waals surface area contributed by atoms with Gasteiger partial charge in [-0.2, -0.15) is 0 Å². The van der Waals surface area contributed by atoms with Crippen LogP contribution in [0.4, 0.5) is 14.6 Å². The smallest absolute Gasteiger partial charge is 0.280 e. The Labute approximate surface area is 79.9 Å². The molecule has 14 heavy (non-hydrogen) atoms. The number of aromatic nitrogens is 1. The van der Waals surface area contributed by atoms with Gasteiger partial charge >= 0.3 is 0 Å². The van der Waals surface area contributed by atoms with Crippen molar-refractivity contribution in [2.75, 3.05) is 12.8 Å². The summed E-state index contributed by atoms with van der Waals surface area (Å²) in [5.41, 5.74) is 10.8. The second-order valence-electron chi connectivity index (χ2n) is 2.63. The van der Waals surface area contributed by atoms with Crippen LogP contribution in [0.1, 0.15) is 17.7 Å². The highest BCUT2D eigenvalue weighted by Crippen LogP contribution is 2.28. The zero-order valence-corrected chi connectivity index (χ0v) is 7.63. The molecule has 1 rings (SSSR count). The van der Waals surface area contributed by atoms with Crippen LogP contribution in [-0.2, 0) is 6.54 Å². The zero-order valence-electron chi connectivity index (χ0n) is 7.63. The number of nitrogen functional groups attached to an aromatic ring is 1. The topological polar surface area (TPSA) is 74.2 Å². The summed E-state index contributed by atoms with van der Waals surface area (Å²) in [5.74, 6) is 0.197. The Hall–Kier alpha value is -1.43. The van der Waals surface area contributed by atoms with Gasteiger partial charge in [0.25, 0.3) is 6.43 Å². The Kier molecular flexibility index (Phi) is 3.19. The molecule has 0 aliphatic heterocycles. The van der Waals surface area contributed by atoms with E-state index in [-0.39, 0.29) is 23.8 Å². The summed E-state index contributed by atoms with van der Waals surface area (Å²) in [6.07, 6.45) is -2.66. The lowest BCUT2D eigenvalue weighted by Crippen LogP contribution is -2.07. The Bertz CT molecular complexity index is 331. The molecule has 6 heteroatoms. The Balaban J connectivity index is 3.24. The van der Waals surface area contributed by atoms with Crippen LogP contribution in [0.15, 0.2) is 6.07 Å². The first-order valence-corrected chi connectivity index (χ1v) is 3.91. The van der Waals surface area contributed by atoms with Crippen LogP contribution in [0, 0.1) is 0 Å². The number of ether oxygens (including phenoxy) is 1. The van der Waals surface area contributed by atoms with Crippen molar-refractivity contribution in [2.24, 2.45) is 5.73 Å². The molecule has 0 saturated carbocycles. The summed E-state index contributed by atoms with van der Waals surface area (Å²) >= 11 is 0. The van der Waals surface area contributed by atoms with Gasteiger partial charge in [0.05, 0.1) is 7.11 Å². The van der Waals surface area contributed by atoms with Crippen LogP contribution in [0.3, 0.4) is 0 Å². The largest absolute Gasteiger partial charge is 0.493 e. The second-order valence-corrected chi connectivity index (χ2v) is 2.63. The molecule has 0 saturated heterocycles. The van der Waals surface area contributed by atoms with Crippen molar-refractivity contribution < 1.29 is 13.5 Å². The standard InChI is InChI=1S/C8H11F2N3O/c1-14-6-4(3-11)2-5(7(9)10)13-8(6)12/h2,7H,3,11H2,1H3,(H2,12,13). The number of methoxy groups -OCH3 is 1. The molecular weight excluding hydrogens is 192 g/mol. The molecule has 0 atom stereocenters. The number of rotatable bonds is 3. The Morgan fingerprint density at radius 1 is 1.57 bits per heavy atom. The van der Waals surface area contributed by atoms with Gasteiger partial charge in [0, 0.05) is 12.1 Å². The SMILES string of the molecule is COc1c(CN)cc(C(F)F)nc1N. The average Bonchev–Trinajstić information content (AvgIpc) is 2.16. The number of hydrogen-bond donors (Lipinski definition) is 2. The van der Waals surface area contributed by atoms with E-state index >= 15 is 0 Å². The van der Waals surface area contributed by atoms with E-state index in [2.05, 4.69) is 4.98 Å². The molecule has 1 aromatic rings. The minimum absolute atomic E-state index is 0.0641. The van der Waals surface area contributed by atoms with Gasteiger partial charge in [0.1, 0.15) is 5.69 Å². The molecule has 4 N–H and O–H groups in total. The predicted molar refractivity (Wildman–Crippen MR) is 48.0 cm³/mol. The van der Waals surface area contributed by atoms with Gasteiger partial charge in [-0.25, -0.2) is 13.8 Å². The molecule has 0 bridgehead atoms. The number of halogens is 2. The van der Waals surface area contributed by atoms with E-state index in [1.165, 1.54) is 13.2 Å². The van der Waals surface area contributed by atoms with Crippen molar-refractivity contribution in [1.29, 1.82) is 0 Å². The third kappa shape index (κ3) is 1.90. The summed E-state index contributed by atoms with van der Waals surface area (Å²) in [4.78, 5) is 3.50. The first-order chi connectivity index (χ1) is 6.60. The third-order valence-corrected chi connectivity index (χ3v) is 1.74. The fourth-order valence-corrected chi connectivity index (χ4v) is 1.13. The monoisotopic (exact) mass is 203 g/mol. The summed E-state index contributed by atoms with van der Waals surface area (Å²) in [6, 6.07) is 1.19. The molecular formula is C8H11F2N3O. The molecule has 0 amide bonds. The first kappa shape index (κ1) is 10.6. The molecule has 0 unspecified atom stereocenters. The van der Waals surface area contributed by atoms with Crippen LogP contribution >= 0.6 is 0 Å². The van der Waals surface area contributed by atoms with Gasteiger partial charge in [-0.3, -0.25) is 0 Å². The second kappa shape index (κ2) is 4.19. The lowest BCUT2D eigenvalue weighted by molar-refractivity contribution is 0.146. The van der Waals surface area contributed by atoms with Crippen LogP contribution in [-0.4, -0.2) is 12.1 Å². The van der Waals surface area contributed by atoms with Crippen molar-refractivity contribution >= 4 is 5.82 Å². The normalized spacial score (nSPS) is 10.6. The fraction of sp³-hybridized carbons (Fsp3) is 0.375. The molecule has 0 spiro atoms. The predicted octanol–water partition coefficient (Wildman–Crippen LogP) is 1.07. The molecule has 0 aliphatic rings. The molecule has 1 heterocycles. The van der Waals surface area contributed by atoms with E-state index in [4.69, 9.17) is 16.2 Å². The molecule has 0 aromatic carbocycles.